The molecule has 0 saturated carbocycles. The molecular weight excluding hydrogens is 261 g/mol. The smallest absolute Gasteiger partial charge is 0.189 e. The Balaban J connectivity index is 1.92. The SMILES string of the molecule is Cc1ccccc1NNC(=S)Nc1ccccc1F. The van der Waals surface area contributed by atoms with Crippen molar-refractivity contribution in [3.05, 3.63) is 59.9 Å². The number of aryl methyl sites for hydroxylation is 1. The topological polar surface area (TPSA) is 36.1 Å². The molecular formula is C14H14FN3S. The summed E-state index contributed by atoms with van der Waals surface area (Å²) in [5, 5.41) is 3.08. The summed E-state index contributed by atoms with van der Waals surface area (Å²) in [4.78, 5) is 0. The fraction of sp³-hybridized carbons (Fsp3) is 0.0714. The molecule has 3 N–H and O–H groups in total. The Hall–Kier alpha value is -2.14. The lowest BCUT2D eigenvalue weighted by Gasteiger charge is -2.14. The van der Waals surface area contributed by atoms with Crippen LogP contribution < -0.4 is 16.2 Å². The van der Waals surface area contributed by atoms with Crippen LogP contribution in [0.5, 0.6) is 0 Å². The molecule has 0 bridgehead atoms. The van der Waals surface area contributed by atoms with Crippen LogP contribution >= 0.6 is 12.2 Å². The highest BCUT2D eigenvalue weighted by atomic mass is 32.1. The van der Waals surface area contributed by atoms with E-state index in [1.54, 1.807) is 18.2 Å². The highest BCUT2D eigenvalue weighted by molar-refractivity contribution is 7.80. The normalized spacial score (nSPS) is 9.79. The molecule has 19 heavy (non-hydrogen) atoms. The van der Waals surface area contributed by atoms with E-state index in [1.807, 2.05) is 31.2 Å². The Kier molecular flexibility index (Phi) is 4.30. The maximum absolute atomic E-state index is 13.4. The summed E-state index contributed by atoms with van der Waals surface area (Å²) in [6, 6.07) is 14.1. The lowest BCUT2D eigenvalue weighted by atomic mass is 10.2. The van der Waals surface area contributed by atoms with Gasteiger partial charge in [0.05, 0.1) is 11.4 Å². The zero-order valence-electron chi connectivity index (χ0n) is 10.4. The van der Waals surface area contributed by atoms with Gasteiger partial charge in [0.15, 0.2) is 5.11 Å². The highest BCUT2D eigenvalue weighted by Gasteiger charge is 2.02. The molecule has 5 heteroatoms. The van der Waals surface area contributed by atoms with E-state index in [-0.39, 0.29) is 5.82 Å². The van der Waals surface area contributed by atoms with Gasteiger partial charge < -0.3 is 5.32 Å². The molecule has 2 aromatic rings. The van der Waals surface area contributed by atoms with Gasteiger partial charge in [-0.2, -0.15) is 0 Å². The average Bonchev–Trinajstić information content (AvgIpc) is 2.40. The second kappa shape index (κ2) is 6.15. The Morgan fingerprint density at radius 2 is 1.63 bits per heavy atom. The quantitative estimate of drug-likeness (QED) is 0.592. The molecule has 0 aromatic heterocycles. The molecule has 98 valence electrons. The average molecular weight is 275 g/mol. The van der Waals surface area contributed by atoms with E-state index in [0.29, 0.717) is 10.8 Å². The first-order chi connectivity index (χ1) is 9.16. The first-order valence-corrected chi connectivity index (χ1v) is 6.21. The summed E-state index contributed by atoms with van der Waals surface area (Å²) in [5.41, 5.74) is 8.14. The molecule has 0 amide bonds. The molecule has 0 heterocycles. The number of hydrogen-bond donors (Lipinski definition) is 3. The summed E-state index contributed by atoms with van der Waals surface area (Å²) in [6.45, 7) is 1.98. The van der Waals surface area contributed by atoms with Crippen LogP contribution in [0.3, 0.4) is 0 Å². The minimum absolute atomic E-state index is 0.299. The second-order valence-corrected chi connectivity index (χ2v) is 4.41. The molecule has 0 radical (unpaired) electrons. The first-order valence-electron chi connectivity index (χ1n) is 5.80. The van der Waals surface area contributed by atoms with Crippen LogP contribution in [-0.2, 0) is 0 Å². The maximum atomic E-state index is 13.4. The third-order valence-corrected chi connectivity index (χ3v) is 2.78. The lowest BCUT2D eigenvalue weighted by molar-refractivity contribution is 0.632. The fourth-order valence-corrected chi connectivity index (χ4v) is 1.71. The number of nitrogens with one attached hydrogen (secondary N) is 3. The van der Waals surface area contributed by atoms with Gasteiger partial charge >= 0.3 is 0 Å². The number of rotatable bonds is 3. The maximum Gasteiger partial charge on any atom is 0.189 e. The van der Waals surface area contributed by atoms with E-state index < -0.39 is 0 Å². The van der Waals surface area contributed by atoms with Crippen molar-refractivity contribution in [2.75, 3.05) is 10.7 Å². The van der Waals surface area contributed by atoms with Crippen molar-refractivity contribution in [2.24, 2.45) is 0 Å². The number of hydrogen-bond acceptors (Lipinski definition) is 2. The number of thiocarbonyl (C=S) groups is 1. The van der Waals surface area contributed by atoms with E-state index in [0.717, 1.165) is 11.3 Å². The van der Waals surface area contributed by atoms with Crippen molar-refractivity contribution in [1.82, 2.24) is 5.43 Å². The number of para-hydroxylation sites is 2. The van der Waals surface area contributed by atoms with Crippen molar-refractivity contribution in [3.8, 4) is 0 Å². The monoisotopic (exact) mass is 275 g/mol. The van der Waals surface area contributed by atoms with Gasteiger partial charge in [0.2, 0.25) is 0 Å². The third-order valence-electron chi connectivity index (χ3n) is 2.58. The van der Waals surface area contributed by atoms with Crippen molar-refractivity contribution < 1.29 is 4.39 Å². The van der Waals surface area contributed by atoms with E-state index in [9.17, 15) is 4.39 Å². The minimum Gasteiger partial charge on any atom is -0.329 e. The summed E-state index contributed by atoms with van der Waals surface area (Å²) in [6.07, 6.45) is 0. The number of hydrazine groups is 1. The number of halogens is 1. The van der Waals surface area contributed by atoms with Gasteiger partial charge in [-0.05, 0) is 42.9 Å². The number of anilines is 2. The summed E-state index contributed by atoms with van der Waals surface area (Å²) in [7, 11) is 0. The zero-order chi connectivity index (χ0) is 13.7. The largest absolute Gasteiger partial charge is 0.329 e. The molecule has 0 unspecified atom stereocenters. The van der Waals surface area contributed by atoms with Crippen molar-refractivity contribution in [1.29, 1.82) is 0 Å². The molecule has 2 rings (SSSR count). The molecule has 0 aliphatic heterocycles. The summed E-state index contributed by atoms with van der Waals surface area (Å²) in [5.74, 6) is -0.345. The predicted octanol–water partition coefficient (Wildman–Crippen LogP) is 3.45. The first kappa shape index (κ1) is 13.3. The van der Waals surface area contributed by atoms with Crippen LogP contribution in [0.4, 0.5) is 15.8 Å². The van der Waals surface area contributed by atoms with E-state index in [4.69, 9.17) is 12.2 Å². The molecule has 0 aliphatic rings. The standard InChI is InChI=1S/C14H14FN3S/c1-10-6-2-4-8-12(10)17-18-14(19)16-13-9-5-3-7-11(13)15/h2-9,17H,1H3,(H2,16,18,19). The van der Waals surface area contributed by atoms with Crippen LogP contribution in [-0.4, -0.2) is 5.11 Å². The molecule has 0 spiro atoms. The molecule has 0 atom stereocenters. The minimum atomic E-state index is -0.345. The van der Waals surface area contributed by atoms with E-state index in [2.05, 4.69) is 16.2 Å². The Morgan fingerprint density at radius 1 is 1.00 bits per heavy atom. The van der Waals surface area contributed by atoms with E-state index >= 15 is 0 Å². The van der Waals surface area contributed by atoms with Crippen LogP contribution in [0.15, 0.2) is 48.5 Å². The predicted molar refractivity (Wildman–Crippen MR) is 80.6 cm³/mol. The lowest BCUT2D eigenvalue weighted by Crippen LogP contribution is -2.33. The van der Waals surface area contributed by atoms with Gasteiger partial charge in [-0.25, -0.2) is 4.39 Å². The second-order valence-electron chi connectivity index (χ2n) is 4.00. The van der Waals surface area contributed by atoms with Crippen LogP contribution in [0, 0.1) is 12.7 Å². The molecule has 0 fully saturated rings. The number of benzene rings is 2. The van der Waals surface area contributed by atoms with Crippen LogP contribution in [0.25, 0.3) is 0 Å². The zero-order valence-corrected chi connectivity index (χ0v) is 11.2. The molecule has 3 nitrogen and oxygen atoms in total. The van der Waals surface area contributed by atoms with Gasteiger partial charge in [-0.1, -0.05) is 30.3 Å². The van der Waals surface area contributed by atoms with Gasteiger partial charge in [0.1, 0.15) is 5.82 Å². The van der Waals surface area contributed by atoms with E-state index in [1.165, 1.54) is 6.07 Å². The Morgan fingerprint density at radius 3 is 2.32 bits per heavy atom. The van der Waals surface area contributed by atoms with Gasteiger partial charge in [0.25, 0.3) is 0 Å². The van der Waals surface area contributed by atoms with Crippen molar-refractivity contribution >= 4 is 28.7 Å². The van der Waals surface area contributed by atoms with Crippen molar-refractivity contribution in [3.63, 3.8) is 0 Å². The highest BCUT2D eigenvalue weighted by Crippen LogP contribution is 2.13. The summed E-state index contributed by atoms with van der Waals surface area (Å²) < 4.78 is 13.4. The Bertz CT molecular complexity index is 586. The Labute approximate surface area is 116 Å². The molecule has 2 aromatic carbocycles. The van der Waals surface area contributed by atoms with Gasteiger partial charge in [0, 0.05) is 0 Å². The van der Waals surface area contributed by atoms with Crippen LogP contribution in [0.2, 0.25) is 0 Å². The summed E-state index contributed by atoms with van der Waals surface area (Å²) >= 11 is 5.09. The molecule has 0 saturated heterocycles. The van der Waals surface area contributed by atoms with Crippen LogP contribution in [0.1, 0.15) is 5.56 Å². The fourth-order valence-electron chi connectivity index (χ4n) is 1.55. The van der Waals surface area contributed by atoms with Gasteiger partial charge in [-0.15, -0.1) is 0 Å². The third kappa shape index (κ3) is 3.66. The molecule has 0 aliphatic carbocycles. The van der Waals surface area contributed by atoms with Crippen molar-refractivity contribution in [2.45, 2.75) is 6.92 Å². The van der Waals surface area contributed by atoms with Gasteiger partial charge in [-0.3, -0.25) is 10.9 Å².